The smallest absolute Gasteiger partial charge is 0.254 e. The molecule has 0 aromatic heterocycles. The van der Waals surface area contributed by atoms with Crippen molar-refractivity contribution >= 4 is 17.5 Å². The van der Waals surface area contributed by atoms with Crippen LogP contribution in [0.1, 0.15) is 23.2 Å². The fourth-order valence-electron chi connectivity index (χ4n) is 4.50. The first-order valence-corrected chi connectivity index (χ1v) is 10.1. The van der Waals surface area contributed by atoms with Gasteiger partial charge in [0.05, 0.1) is 13.0 Å². The third-order valence-corrected chi connectivity index (χ3v) is 6.15. The number of ether oxygens (including phenoxy) is 2. The van der Waals surface area contributed by atoms with Gasteiger partial charge >= 0.3 is 0 Å². The second kappa shape index (κ2) is 8.44. The highest BCUT2D eigenvalue weighted by Gasteiger charge is 2.51. The summed E-state index contributed by atoms with van der Waals surface area (Å²) in [6.07, 6.45) is 1.41. The maximum absolute atomic E-state index is 13.5. The van der Waals surface area contributed by atoms with E-state index < -0.39 is 5.82 Å². The minimum atomic E-state index is -0.408. The molecule has 2 aromatic carbocycles. The van der Waals surface area contributed by atoms with Gasteiger partial charge in [0.15, 0.2) is 0 Å². The number of hydrogen-bond donors (Lipinski definition) is 1. The molecular formula is C23H25FN2O4. The quantitative estimate of drug-likeness (QED) is 0.836. The average Bonchev–Trinajstić information content (AvgIpc) is 3.12. The molecule has 1 atom stereocenters. The molecule has 0 bridgehead atoms. The number of nitrogens with zero attached hydrogens (tertiary/aromatic N) is 1. The van der Waals surface area contributed by atoms with E-state index in [1.807, 2.05) is 0 Å². The van der Waals surface area contributed by atoms with Gasteiger partial charge in [-0.25, -0.2) is 4.39 Å². The van der Waals surface area contributed by atoms with E-state index in [1.54, 1.807) is 48.4 Å². The number of halogens is 1. The maximum Gasteiger partial charge on any atom is 0.254 e. The number of benzene rings is 2. The Morgan fingerprint density at radius 2 is 1.93 bits per heavy atom. The Balaban J connectivity index is 1.57. The summed E-state index contributed by atoms with van der Waals surface area (Å²) in [6.45, 7) is 1.93. The van der Waals surface area contributed by atoms with Crippen LogP contribution in [0.25, 0.3) is 0 Å². The predicted octanol–water partition coefficient (Wildman–Crippen LogP) is 3.34. The zero-order valence-electron chi connectivity index (χ0n) is 16.9. The Morgan fingerprint density at radius 1 is 1.17 bits per heavy atom. The van der Waals surface area contributed by atoms with E-state index in [4.69, 9.17) is 9.47 Å². The molecule has 1 N–H and O–H groups in total. The number of rotatable bonds is 4. The van der Waals surface area contributed by atoms with Crippen LogP contribution in [0.2, 0.25) is 0 Å². The Bertz CT molecular complexity index is 942. The van der Waals surface area contributed by atoms with Gasteiger partial charge < -0.3 is 19.7 Å². The number of anilines is 1. The number of nitrogens with one attached hydrogen (secondary N) is 1. The van der Waals surface area contributed by atoms with E-state index in [0.717, 1.165) is 0 Å². The average molecular weight is 412 g/mol. The molecule has 0 aliphatic carbocycles. The molecule has 2 amide bonds. The molecule has 4 rings (SSSR count). The normalized spacial score (nSPS) is 20.2. The SMILES string of the molecule is COc1cccc(C(=O)N2C[C@@H](C(=O)Nc3cccc(F)c3)C3(CCOCC3)C2)c1. The van der Waals surface area contributed by atoms with Crippen molar-refractivity contribution in [3.63, 3.8) is 0 Å². The van der Waals surface area contributed by atoms with E-state index in [-0.39, 0.29) is 23.1 Å². The lowest BCUT2D eigenvalue weighted by molar-refractivity contribution is -0.124. The molecule has 158 valence electrons. The maximum atomic E-state index is 13.5. The molecule has 2 saturated heterocycles. The number of amides is 2. The molecule has 30 heavy (non-hydrogen) atoms. The number of methoxy groups -OCH3 is 1. The molecule has 0 unspecified atom stereocenters. The highest BCUT2D eigenvalue weighted by molar-refractivity contribution is 5.97. The monoisotopic (exact) mass is 412 g/mol. The molecule has 0 radical (unpaired) electrons. The van der Waals surface area contributed by atoms with Crippen molar-refractivity contribution in [2.45, 2.75) is 12.8 Å². The first-order chi connectivity index (χ1) is 14.5. The van der Waals surface area contributed by atoms with Crippen LogP contribution in [0.3, 0.4) is 0 Å². The number of likely N-dealkylation sites (tertiary alicyclic amines) is 1. The first-order valence-electron chi connectivity index (χ1n) is 10.1. The van der Waals surface area contributed by atoms with Crippen LogP contribution in [-0.4, -0.2) is 50.1 Å². The predicted molar refractivity (Wildman–Crippen MR) is 110 cm³/mol. The lowest BCUT2D eigenvalue weighted by Crippen LogP contribution is -2.42. The molecule has 2 heterocycles. The molecule has 2 aromatic rings. The van der Waals surface area contributed by atoms with Gasteiger partial charge in [0.25, 0.3) is 5.91 Å². The van der Waals surface area contributed by atoms with E-state index in [1.165, 1.54) is 12.1 Å². The largest absolute Gasteiger partial charge is 0.497 e. The van der Waals surface area contributed by atoms with E-state index in [0.29, 0.717) is 56.1 Å². The van der Waals surface area contributed by atoms with E-state index >= 15 is 0 Å². The van der Waals surface area contributed by atoms with Gasteiger partial charge in [-0.15, -0.1) is 0 Å². The zero-order chi connectivity index (χ0) is 21.1. The fourth-order valence-corrected chi connectivity index (χ4v) is 4.50. The van der Waals surface area contributed by atoms with Crippen LogP contribution in [-0.2, 0) is 9.53 Å². The summed E-state index contributed by atoms with van der Waals surface area (Å²) in [6, 6.07) is 12.9. The molecule has 1 spiro atoms. The summed E-state index contributed by atoms with van der Waals surface area (Å²) < 4.78 is 24.3. The summed E-state index contributed by atoms with van der Waals surface area (Å²) in [5, 5.41) is 2.84. The number of carbonyl (C=O) groups is 2. The van der Waals surface area contributed by atoms with Crippen LogP contribution in [0.5, 0.6) is 5.75 Å². The molecule has 0 saturated carbocycles. The fraction of sp³-hybridized carbons (Fsp3) is 0.391. The third-order valence-electron chi connectivity index (χ3n) is 6.15. The first kappa shape index (κ1) is 20.3. The van der Waals surface area contributed by atoms with Crippen molar-refractivity contribution in [3.8, 4) is 5.75 Å². The Kier molecular flexibility index (Phi) is 5.72. The standard InChI is InChI=1S/C23H25FN2O4/c1-29-19-7-2-4-16(12-19)22(28)26-14-20(23(15-26)8-10-30-11-9-23)21(27)25-18-6-3-5-17(24)13-18/h2-7,12-13,20H,8-11,14-15H2,1H3,(H,25,27)/t20-/m0/s1. The second-order valence-corrected chi connectivity index (χ2v) is 7.94. The summed E-state index contributed by atoms with van der Waals surface area (Å²) in [5.74, 6) is -0.500. The Labute approximate surface area is 175 Å². The third kappa shape index (κ3) is 4.03. The summed E-state index contributed by atoms with van der Waals surface area (Å²) >= 11 is 0. The minimum Gasteiger partial charge on any atom is -0.497 e. The van der Waals surface area contributed by atoms with Crippen molar-refractivity contribution in [1.29, 1.82) is 0 Å². The second-order valence-electron chi connectivity index (χ2n) is 7.94. The van der Waals surface area contributed by atoms with Gasteiger partial charge in [-0.2, -0.15) is 0 Å². The Hall–Kier alpha value is -2.93. The molecular weight excluding hydrogens is 387 g/mol. The molecule has 2 aliphatic heterocycles. The summed E-state index contributed by atoms with van der Waals surface area (Å²) in [7, 11) is 1.56. The van der Waals surface area contributed by atoms with Gasteiger partial charge in [-0.3, -0.25) is 9.59 Å². The van der Waals surface area contributed by atoms with Crippen LogP contribution in [0, 0.1) is 17.2 Å². The van der Waals surface area contributed by atoms with E-state index in [9.17, 15) is 14.0 Å². The van der Waals surface area contributed by atoms with Crippen molar-refractivity contribution in [3.05, 3.63) is 59.9 Å². The molecule has 2 aliphatic rings. The lowest BCUT2D eigenvalue weighted by Gasteiger charge is -2.37. The van der Waals surface area contributed by atoms with Crippen LogP contribution >= 0.6 is 0 Å². The van der Waals surface area contributed by atoms with Crippen molar-refractivity contribution in [2.24, 2.45) is 11.3 Å². The van der Waals surface area contributed by atoms with E-state index in [2.05, 4.69) is 5.32 Å². The minimum absolute atomic E-state index is 0.124. The Morgan fingerprint density at radius 3 is 2.67 bits per heavy atom. The summed E-state index contributed by atoms with van der Waals surface area (Å²) in [5.41, 5.74) is 0.604. The number of carbonyl (C=O) groups excluding carboxylic acids is 2. The zero-order valence-corrected chi connectivity index (χ0v) is 16.9. The van der Waals surface area contributed by atoms with Gasteiger partial charge in [0.1, 0.15) is 11.6 Å². The van der Waals surface area contributed by atoms with Gasteiger partial charge in [0, 0.05) is 43.0 Å². The molecule has 2 fully saturated rings. The topological polar surface area (TPSA) is 67.9 Å². The van der Waals surface area contributed by atoms with Crippen LogP contribution in [0.15, 0.2) is 48.5 Å². The van der Waals surface area contributed by atoms with Crippen LogP contribution in [0.4, 0.5) is 10.1 Å². The lowest BCUT2D eigenvalue weighted by atomic mass is 9.71. The highest BCUT2D eigenvalue weighted by Crippen LogP contribution is 2.45. The van der Waals surface area contributed by atoms with Crippen molar-refractivity contribution in [2.75, 3.05) is 38.7 Å². The molecule has 7 heteroatoms. The number of hydrogen-bond acceptors (Lipinski definition) is 4. The van der Waals surface area contributed by atoms with Gasteiger partial charge in [-0.1, -0.05) is 12.1 Å². The summed E-state index contributed by atoms with van der Waals surface area (Å²) in [4.78, 5) is 28.1. The van der Waals surface area contributed by atoms with Crippen molar-refractivity contribution in [1.82, 2.24) is 4.90 Å². The highest BCUT2D eigenvalue weighted by atomic mass is 19.1. The van der Waals surface area contributed by atoms with Gasteiger partial charge in [-0.05, 0) is 49.2 Å². The van der Waals surface area contributed by atoms with Crippen LogP contribution < -0.4 is 10.1 Å². The van der Waals surface area contributed by atoms with Gasteiger partial charge in [0.2, 0.25) is 5.91 Å². The van der Waals surface area contributed by atoms with Crippen molar-refractivity contribution < 1.29 is 23.5 Å². The molecule has 6 nitrogen and oxygen atoms in total.